The molecule has 162 valence electrons. The maximum Gasteiger partial charge on any atom is 0.316 e. The molecule has 0 spiro atoms. The van der Waals surface area contributed by atoms with Crippen molar-refractivity contribution in [2.45, 2.75) is 24.3 Å². The Morgan fingerprint density at radius 2 is 1.94 bits per heavy atom. The van der Waals surface area contributed by atoms with Crippen LogP contribution in [0.15, 0.2) is 70.9 Å². The smallest absolute Gasteiger partial charge is 0.316 e. The predicted molar refractivity (Wildman–Crippen MR) is 119 cm³/mol. The van der Waals surface area contributed by atoms with Crippen LogP contribution in [0.3, 0.4) is 0 Å². The number of carbonyl (C=O) groups is 2. The molecule has 0 aliphatic carbocycles. The highest BCUT2D eigenvalue weighted by molar-refractivity contribution is 7.90. The maximum atomic E-state index is 12.6. The van der Waals surface area contributed by atoms with E-state index < -0.39 is 15.9 Å². The van der Waals surface area contributed by atoms with Crippen LogP contribution in [0, 0.1) is 0 Å². The number of nitrogens with two attached hydrogens (primary N) is 1. The molecule has 3 rings (SSSR count). The molecule has 1 unspecified atom stereocenters. The zero-order valence-corrected chi connectivity index (χ0v) is 18.0. The largest absolute Gasteiger partial charge is 0.361 e. The number of urea groups is 1. The van der Waals surface area contributed by atoms with Crippen molar-refractivity contribution in [1.82, 2.24) is 15.6 Å². The quantitative estimate of drug-likeness (QED) is 0.543. The molecule has 0 bridgehead atoms. The van der Waals surface area contributed by atoms with Crippen molar-refractivity contribution in [3.8, 4) is 11.1 Å². The topological polar surface area (TPSA) is 134 Å². The molecule has 0 saturated heterocycles. The van der Waals surface area contributed by atoms with Gasteiger partial charge in [-0.3, -0.25) is 4.79 Å². The lowest BCUT2D eigenvalue weighted by atomic mass is 10.1. The summed E-state index contributed by atoms with van der Waals surface area (Å²) >= 11 is 0. The number of nitrogens with one attached hydrogen (secondary N) is 3. The average molecular weight is 441 g/mol. The maximum absolute atomic E-state index is 12.6. The van der Waals surface area contributed by atoms with E-state index in [0.29, 0.717) is 17.0 Å². The third-order valence-corrected chi connectivity index (χ3v) is 5.80. The second-order valence-corrected chi connectivity index (χ2v) is 9.30. The first kappa shape index (κ1) is 22.1. The molecule has 1 aromatic carbocycles. The van der Waals surface area contributed by atoms with Crippen LogP contribution in [-0.4, -0.2) is 37.6 Å². The molecule has 31 heavy (non-hydrogen) atoms. The molecule has 3 amide bonds. The molecule has 1 atom stereocenters. The summed E-state index contributed by atoms with van der Waals surface area (Å²) in [5.41, 5.74) is 8.63. The third-order valence-electron chi connectivity index (χ3n) is 4.68. The number of amides is 3. The van der Waals surface area contributed by atoms with Crippen molar-refractivity contribution in [2.75, 3.05) is 6.26 Å². The van der Waals surface area contributed by atoms with Gasteiger partial charge in [-0.15, -0.1) is 0 Å². The molecule has 0 radical (unpaired) electrons. The fourth-order valence-electron chi connectivity index (χ4n) is 3.08. The summed E-state index contributed by atoms with van der Waals surface area (Å²) in [5.74, 6) is -0.220. The number of H-pyrrole nitrogens is 1. The molecule has 1 aliphatic heterocycles. The molecule has 9 heteroatoms. The summed E-state index contributed by atoms with van der Waals surface area (Å²) in [6.45, 7) is 1.83. The van der Waals surface area contributed by atoms with E-state index in [2.05, 4.69) is 15.6 Å². The number of sulfone groups is 1. The third kappa shape index (κ3) is 5.95. The van der Waals surface area contributed by atoms with Crippen molar-refractivity contribution in [1.29, 1.82) is 0 Å². The Bertz CT molecular complexity index is 1190. The van der Waals surface area contributed by atoms with Crippen LogP contribution >= 0.6 is 0 Å². The van der Waals surface area contributed by atoms with Gasteiger partial charge in [0.1, 0.15) is 0 Å². The Morgan fingerprint density at radius 3 is 2.58 bits per heavy atom. The number of carbonyl (C=O) groups excluding carboxylic acids is 2. The molecular weight excluding hydrogens is 416 g/mol. The highest BCUT2D eigenvalue weighted by Crippen LogP contribution is 2.24. The Labute approximate surface area is 180 Å². The number of allylic oxidation sites excluding steroid dienone is 2. The highest BCUT2D eigenvalue weighted by atomic mass is 32.2. The number of primary amides is 1. The standard InChI is InChI=1S/C22H24N4O4S/c1-14-3-7-18(26-22(23)28)8-4-16(21(27)25-14)11-19-12-17(13-24-19)15-5-9-20(10-6-15)31(2,29)30/h3,5-14,24H,4H2,1-2H3,(H,25,27)(H3,23,26,28)/b7-3-,16-11-,18-8+. The lowest BCUT2D eigenvalue weighted by Gasteiger charge is -2.10. The second-order valence-electron chi connectivity index (χ2n) is 7.28. The van der Waals surface area contributed by atoms with Gasteiger partial charge in [0.2, 0.25) is 5.91 Å². The first-order valence-electron chi connectivity index (χ1n) is 9.57. The summed E-state index contributed by atoms with van der Waals surface area (Å²) in [6.07, 6.45) is 10.2. The van der Waals surface area contributed by atoms with E-state index in [1.165, 1.54) is 6.26 Å². The molecule has 2 heterocycles. The lowest BCUT2D eigenvalue weighted by molar-refractivity contribution is -0.117. The molecule has 0 fully saturated rings. The lowest BCUT2D eigenvalue weighted by Crippen LogP contribution is -2.32. The van der Waals surface area contributed by atoms with Crippen LogP contribution in [0.4, 0.5) is 4.79 Å². The number of hydrogen-bond acceptors (Lipinski definition) is 4. The van der Waals surface area contributed by atoms with Gasteiger partial charge in [0, 0.05) is 35.5 Å². The fourth-order valence-corrected chi connectivity index (χ4v) is 3.71. The number of aromatic nitrogens is 1. The predicted octanol–water partition coefficient (Wildman–Crippen LogP) is 2.49. The minimum Gasteiger partial charge on any atom is -0.361 e. The first-order valence-corrected chi connectivity index (χ1v) is 11.5. The van der Waals surface area contributed by atoms with Crippen LogP contribution < -0.4 is 16.4 Å². The van der Waals surface area contributed by atoms with Crippen LogP contribution in [0.1, 0.15) is 19.0 Å². The Morgan fingerprint density at radius 1 is 1.23 bits per heavy atom. The Balaban J connectivity index is 1.87. The molecule has 5 N–H and O–H groups in total. The first-order chi connectivity index (χ1) is 14.6. The van der Waals surface area contributed by atoms with Gasteiger partial charge in [0.05, 0.1) is 4.90 Å². The number of benzene rings is 1. The van der Waals surface area contributed by atoms with Crippen molar-refractivity contribution in [3.63, 3.8) is 0 Å². The van der Waals surface area contributed by atoms with Crippen LogP contribution in [-0.2, 0) is 14.6 Å². The van der Waals surface area contributed by atoms with E-state index in [1.54, 1.807) is 54.8 Å². The molecular formula is C22H24N4O4S. The molecule has 1 aliphatic rings. The second kappa shape index (κ2) is 9.05. The van der Waals surface area contributed by atoms with E-state index in [9.17, 15) is 18.0 Å². The van der Waals surface area contributed by atoms with E-state index in [4.69, 9.17) is 5.73 Å². The zero-order valence-electron chi connectivity index (χ0n) is 17.2. The molecule has 2 aromatic rings. The monoisotopic (exact) mass is 440 g/mol. The van der Waals surface area contributed by atoms with Crippen molar-refractivity contribution in [2.24, 2.45) is 5.73 Å². The summed E-state index contributed by atoms with van der Waals surface area (Å²) in [4.78, 5) is 27.2. The van der Waals surface area contributed by atoms with Gasteiger partial charge in [-0.25, -0.2) is 13.2 Å². The van der Waals surface area contributed by atoms with Gasteiger partial charge in [0.15, 0.2) is 9.84 Å². The van der Waals surface area contributed by atoms with Crippen LogP contribution in [0.25, 0.3) is 17.2 Å². The van der Waals surface area contributed by atoms with Gasteiger partial charge >= 0.3 is 6.03 Å². The number of rotatable bonds is 4. The van der Waals surface area contributed by atoms with Crippen molar-refractivity contribution in [3.05, 3.63) is 71.7 Å². The van der Waals surface area contributed by atoms with Gasteiger partial charge in [-0.2, -0.15) is 0 Å². The number of aromatic amines is 1. The molecule has 8 nitrogen and oxygen atoms in total. The minimum absolute atomic E-state index is 0.220. The van der Waals surface area contributed by atoms with Crippen molar-refractivity contribution >= 4 is 27.9 Å². The van der Waals surface area contributed by atoms with Crippen molar-refractivity contribution < 1.29 is 18.0 Å². The number of hydrogen-bond donors (Lipinski definition) is 4. The van der Waals surface area contributed by atoms with Crippen LogP contribution in [0.2, 0.25) is 0 Å². The highest BCUT2D eigenvalue weighted by Gasteiger charge is 2.14. The van der Waals surface area contributed by atoms with E-state index in [-0.39, 0.29) is 23.3 Å². The Hall–Kier alpha value is -3.59. The van der Waals surface area contributed by atoms with Crippen LogP contribution in [0.5, 0.6) is 0 Å². The summed E-state index contributed by atoms with van der Waals surface area (Å²) in [7, 11) is -3.25. The normalized spacial score (nSPS) is 21.2. The van der Waals surface area contributed by atoms with Gasteiger partial charge < -0.3 is 21.4 Å². The van der Waals surface area contributed by atoms with Gasteiger partial charge in [0.25, 0.3) is 0 Å². The van der Waals surface area contributed by atoms with E-state index in [1.807, 2.05) is 13.0 Å². The molecule has 0 saturated carbocycles. The fraction of sp³-hybridized carbons (Fsp3) is 0.182. The summed E-state index contributed by atoms with van der Waals surface area (Å²) in [6, 6.07) is 7.56. The zero-order chi connectivity index (χ0) is 22.6. The van der Waals surface area contributed by atoms with E-state index >= 15 is 0 Å². The van der Waals surface area contributed by atoms with Gasteiger partial charge in [-0.05, 0) is 54.8 Å². The summed E-state index contributed by atoms with van der Waals surface area (Å²) in [5, 5.41) is 5.42. The minimum atomic E-state index is -3.25. The SMILES string of the molecule is CC1/C=C\C(NC(N)=O)=C/C/C(=C/c2cc(-c3ccc(S(C)(=O)=O)cc3)c[nH]2)C(=O)N1. The summed E-state index contributed by atoms with van der Waals surface area (Å²) < 4.78 is 23.3. The molecule has 1 aromatic heterocycles. The van der Waals surface area contributed by atoms with Gasteiger partial charge in [-0.1, -0.05) is 24.3 Å². The average Bonchev–Trinajstić information content (AvgIpc) is 3.17. The Kier molecular flexibility index (Phi) is 6.45. The van der Waals surface area contributed by atoms with E-state index in [0.717, 1.165) is 11.1 Å².